The summed E-state index contributed by atoms with van der Waals surface area (Å²) in [5.74, 6) is -0.305. The molecule has 0 atom stereocenters. The van der Waals surface area contributed by atoms with Crippen molar-refractivity contribution in [2.45, 2.75) is 6.54 Å². The monoisotopic (exact) mass is 378 g/mol. The van der Waals surface area contributed by atoms with E-state index in [1.54, 1.807) is 30.1 Å². The molecule has 2 heterocycles. The molecular weight excluding hydrogens is 367 g/mol. The average Bonchev–Trinajstić information content (AvgIpc) is 3.14. The van der Waals surface area contributed by atoms with Gasteiger partial charge in [-0.2, -0.15) is 5.10 Å². The number of rotatable bonds is 4. The number of benzene rings is 1. The molecular formula is C15H12BrFN4O2. The Balaban J connectivity index is 1.70. The van der Waals surface area contributed by atoms with E-state index in [0.717, 1.165) is 10.2 Å². The Morgan fingerprint density at radius 3 is 2.78 bits per heavy atom. The third-order valence-electron chi connectivity index (χ3n) is 3.30. The van der Waals surface area contributed by atoms with Crippen LogP contribution >= 0.6 is 15.9 Å². The Labute approximate surface area is 139 Å². The molecule has 0 bridgehead atoms. The number of nitrogens with one attached hydrogen (secondary N) is 1. The zero-order valence-electron chi connectivity index (χ0n) is 12.1. The number of hydrogen-bond donors (Lipinski definition) is 1. The largest absolute Gasteiger partial charge is 0.355 e. The summed E-state index contributed by atoms with van der Waals surface area (Å²) in [6, 6.07) is 7.27. The second-order valence-corrected chi connectivity index (χ2v) is 5.68. The summed E-state index contributed by atoms with van der Waals surface area (Å²) >= 11 is 3.36. The summed E-state index contributed by atoms with van der Waals surface area (Å²) < 4.78 is 20.5. The number of halogens is 2. The Morgan fingerprint density at radius 2 is 2.13 bits per heavy atom. The van der Waals surface area contributed by atoms with Crippen molar-refractivity contribution in [3.63, 3.8) is 0 Å². The molecule has 1 amide bonds. The number of carbonyl (C=O) groups is 1. The molecule has 2 aromatic heterocycles. The summed E-state index contributed by atoms with van der Waals surface area (Å²) in [6.45, 7) is 0.300. The molecule has 0 aliphatic carbocycles. The van der Waals surface area contributed by atoms with E-state index in [1.165, 1.54) is 18.2 Å². The molecule has 3 aromatic rings. The summed E-state index contributed by atoms with van der Waals surface area (Å²) in [7, 11) is 1.79. The lowest BCUT2D eigenvalue weighted by molar-refractivity contribution is 0.0941. The van der Waals surface area contributed by atoms with Crippen molar-refractivity contribution in [1.29, 1.82) is 0 Å². The van der Waals surface area contributed by atoms with Crippen LogP contribution in [0.1, 0.15) is 16.2 Å². The second kappa shape index (κ2) is 6.33. The van der Waals surface area contributed by atoms with Gasteiger partial charge in [-0.1, -0.05) is 5.16 Å². The lowest BCUT2D eigenvalue weighted by Gasteiger charge is -2.04. The minimum atomic E-state index is -0.366. The third kappa shape index (κ3) is 3.31. The molecule has 0 unspecified atom stereocenters. The molecule has 0 fully saturated rings. The number of aromatic nitrogens is 3. The molecule has 0 spiro atoms. The molecule has 0 aliphatic heterocycles. The molecule has 8 heteroatoms. The van der Waals surface area contributed by atoms with Gasteiger partial charge in [0.15, 0.2) is 11.5 Å². The molecule has 0 radical (unpaired) electrons. The molecule has 1 aromatic carbocycles. The van der Waals surface area contributed by atoms with E-state index < -0.39 is 0 Å². The molecule has 118 valence electrons. The summed E-state index contributed by atoms with van der Waals surface area (Å²) in [6.07, 6.45) is 1.66. The Kier molecular flexibility index (Phi) is 4.24. The molecule has 3 rings (SSSR count). The van der Waals surface area contributed by atoms with Crippen molar-refractivity contribution in [3.8, 4) is 11.3 Å². The quantitative estimate of drug-likeness (QED) is 0.757. The number of carbonyl (C=O) groups excluding carboxylic acids is 1. The fraction of sp³-hybridized carbons (Fsp3) is 0.133. The Morgan fingerprint density at radius 1 is 1.39 bits per heavy atom. The topological polar surface area (TPSA) is 73.0 Å². The summed E-state index contributed by atoms with van der Waals surface area (Å²) in [4.78, 5) is 12.1. The van der Waals surface area contributed by atoms with Crippen LogP contribution in [-0.4, -0.2) is 20.8 Å². The van der Waals surface area contributed by atoms with E-state index in [4.69, 9.17) is 4.52 Å². The minimum absolute atomic E-state index is 0.155. The Bertz CT molecular complexity index is 822. The summed E-state index contributed by atoms with van der Waals surface area (Å²) in [5, 5.41) is 10.6. The van der Waals surface area contributed by atoms with Gasteiger partial charge in [-0.3, -0.25) is 9.48 Å². The van der Waals surface area contributed by atoms with Crippen LogP contribution in [0.5, 0.6) is 0 Å². The van der Waals surface area contributed by atoms with E-state index in [1.807, 2.05) is 0 Å². The average molecular weight is 379 g/mol. The van der Waals surface area contributed by atoms with E-state index in [9.17, 15) is 9.18 Å². The lowest BCUT2D eigenvalue weighted by Crippen LogP contribution is -2.24. The second-order valence-electron chi connectivity index (χ2n) is 4.83. The van der Waals surface area contributed by atoms with Gasteiger partial charge in [0.2, 0.25) is 0 Å². The fourth-order valence-electron chi connectivity index (χ4n) is 2.02. The third-order valence-corrected chi connectivity index (χ3v) is 3.96. The van der Waals surface area contributed by atoms with Gasteiger partial charge in [0.1, 0.15) is 5.82 Å². The van der Waals surface area contributed by atoms with E-state index >= 15 is 0 Å². The first-order valence-corrected chi connectivity index (χ1v) is 7.51. The van der Waals surface area contributed by atoms with Crippen LogP contribution in [0.2, 0.25) is 0 Å². The van der Waals surface area contributed by atoms with Crippen LogP contribution in [0, 0.1) is 5.82 Å². The molecule has 0 aliphatic rings. The Hall–Kier alpha value is -2.48. The number of nitrogens with zero attached hydrogens (tertiary/aromatic N) is 3. The van der Waals surface area contributed by atoms with Crippen molar-refractivity contribution in [3.05, 3.63) is 58.2 Å². The molecule has 0 saturated carbocycles. The number of hydrogen-bond acceptors (Lipinski definition) is 4. The van der Waals surface area contributed by atoms with Crippen LogP contribution in [0.25, 0.3) is 11.3 Å². The van der Waals surface area contributed by atoms with Gasteiger partial charge in [-0.05, 0) is 40.2 Å². The number of aryl methyl sites for hydroxylation is 1. The highest BCUT2D eigenvalue weighted by Gasteiger charge is 2.15. The van der Waals surface area contributed by atoms with Gasteiger partial charge < -0.3 is 9.84 Å². The molecule has 1 N–H and O–H groups in total. The van der Waals surface area contributed by atoms with Crippen LogP contribution in [0.15, 0.2) is 45.5 Å². The van der Waals surface area contributed by atoms with Crippen LogP contribution in [0.3, 0.4) is 0 Å². The van der Waals surface area contributed by atoms with Crippen LogP contribution < -0.4 is 5.32 Å². The van der Waals surface area contributed by atoms with Crippen molar-refractivity contribution >= 4 is 21.8 Å². The van der Waals surface area contributed by atoms with Gasteiger partial charge in [0.05, 0.1) is 22.9 Å². The van der Waals surface area contributed by atoms with Crippen LogP contribution in [0.4, 0.5) is 4.39 Å². The van der Waals surface area contributed by atoms with E-state index in [2.05, 4.69) is 31.5 Å². The minimum Gasteiger partial charge on any atom is -0.355 e. The van der Waals surface area contributed by atoms with Crippen LogP contribution in [-0.2, 0) is 13.6 Å². The van der Waals surface area contributed by atoms with Gasteiger partial charge in [0.25, 0.3) is 5.91 Å². The fourth-order valence-corrected chi connectivity index (χ4v) is 2.51. The highest BCUT2D eigenvalue weighted by atomic mass is 79.9. The standard InChI is InChI=1S/C15H12BrFN4O2/c1-21-13(11(16)7-19-21)8-18-15(22)12-6-14(23-20-12)9-2-4-10(17)5-3-9/h2-7H,8H2,1H3,(H,18,22). The molecule has 0 saturated heterocycles. The van der Waals surface area contributed by atoms with Gasteiger partial charge in [-0.15, -0.1) is 0 Å². The lowest BCUT2D eigenvalue weighted by atomic mass is 10.1. The first-order valence-electron chi connectivity index (χ1n) is 6.72. The maximum atomic E-state index is 12.9. The zero-order valence-corrected chi connectivity index (χ0v) is 13.7. The zero-order chi connectivity index (χ0) is 16.4. The smallest absolute Gasteiger partial charge is 0.273 e. The summed E-state index contributed by atoms with van der Waals surface area (Å²) in [5.41, 5.74) is 1.63. The maximum Gasteiger partial charge on any atom is 0.273 e. The molecule has 6 nitrogen and oxygen atoms in total. The SMILES string of the molecule is Cn1ncc(Br)c1CNC(=O)c1cc(-c2ccc(F)cc2)on1. The predicted molar refractivity (Wildman–Crippen MR) is 84.0 cm³/mol. The van der Waals surface area contributed by atoms with Crippen molar-refractivity contribution in [2.24, 2.45) is 7.05 Å². The predicted octanol–water partition coefficient (Wildman–Crippen LogP) is 2.91. The van der Waals surface area contributed by atoms with Crippen molar-refractivity contribution in [1.82, 2.24) is 20.3 Å². The first-order chi connectivity index (χ1) is 11.0. The number of amides is 1. The van der Waals surface area contributed by atoms with E-state index in [0.29, 0.717) is 17.9 Å². The maximum absolute atomic E-state index is 12.9. The highest BCUT2D eigenvalue weighted by molar-refractivity contribution is 9.10. The van der Waals surface area contributed by atoms with E-state index in [-0.39, 0.29) is 17.4 Å². The van der Waals surface area contributed by atoms with Crippen molar-refractivity contribution < 1.29 is 13.7 Å². The van der Waals surface area contributed by atoms with Crippen molar-refractivity contribution in [2.75, 3.05) is 0 Å². The highest BCUT2D eigenvalue weighted by Crippen LogP contribution is 2.21. The van der Waals surface area contributed by atoms with Gasteiger partial charge in [0, 0.05) is 18.7 Å². The first kappa shape index (κ1) is 15.4. The van der Waals surface area contributed by atoms with Gasteiger partial charge in [-0.25, -0.2) is 4.39 Å². The van der Waals surface area contributed by atoms with Gasteiger partial charge >= 0.3 is 0 Å². The molecule has 23 heavy (non-hydrogen) atoms. The normalized spacial score (nSPS) is 10.7.